The van der Waals surface area contributed by atoms with Crippen LogP contribution in [-0.2, 0) is 6.54 Å². The van der Waals surface area contributed by atoms with Gasteiger partial charge in [-0.3, -0.25) is 4.79 Å². The SMILES string of the molecule is CCC(N)c1nc(C(=O)NCc2ccc(F)cc2)co1. The van der Waals surface area contributed by atoms with E-state index in [-0.39, 0.29) is 23.5 Å². The Hall–Kier alpha value is -2.21. The molecule has 0 saturated heterocycles. The van der Waals surface area contributed by atoms with Gasteiger partial charge in [0.05, 0.1) is 6.04 Å². The standard InChI is InChI=1S/C14H16FN3O2/c1-2-11(16)14-18-12(8-20-14)13(19)17-7-9-3-5-10(15)6-4-9/h3-6,8,11H,2,7,16H2,1H3,(H,17,19). The molecular weight excluding hydrogens is 261 g/mol. The van der Waals surface area contributed by atoms with Crippen LogP contribution in [0.3, 0.4) is 0 Å². The Morgan fingerprint density at radius 3 is 2.80 bits per heavy atom. The van der Waals surface area contributed by atoms with Gasteiger partial charge in [-0.2, -0.15) is 0 Å². The van der Waals surface area contributed by atoms with E-state index in [9.17, 15) is 9.18 Å². The highest BCUT2D eigenvalue weighted by Crippen LogP contribution is 2.13. The van der Waals surface area contributed by atoms with Crippen molar-refractivity contribution in [1.29, 1.82) is 0 Å². The summed E-state index contributed by atoms with van der Waals surface area (Å²) in [5.74, 6) is -0.318. The Morgan fingerprint density at radius 2 is 2.15 bits per heavy atom. The van der Waals surface area contributed by atoms with Gasteiger partial charge in [0, 0.05) is 6.54 Å². The smallest absolute Gasteiger partial charge is 0.273 e. The van der Waals surface area contributed by atoms with E-state index in [0.717, 1.165) is 5.56 Å². The third-order valence-electron chi connectivity index (χ3n) is 2.88. The molecule has 2 aromatic rings. The van der Waals surface area contributed by atoms with E-state index in [0.29, 0.717) is 18.9 Å². The van der Waals surface area contributed by atoms with E-state index in [1.54, 1.807) is 12.1 Å². The maximum Gasteiger partial charge on any atom is 0.273 e. The lowest BCUT2D eigenvalue weighted by Gasteiger charge is -2.03. The molecule has 0 aliphatic carbocycles. The summed E-state index contributed by atoms with van der Waals surface area (Å²) in [7, 11) is 0. The van der Waals surface area contributed by atoms with Crippen LogP contribution in [0, 0.1) is 5.82 Å². The van der Waals surface area contributed by atoms with E-state index in [4.69, 9.17) is 10.2 Å². The second-order valence-electron chi connectivity index (χ2n) is 4.39. The fraction of sp³-hybridized carbons (Fsp3) is 0.286. The quantitative estimate of drug-likeness (QED) is 0.877. The molecule has 6 heteroatoms. The molecule has 106 valence electrons. The zero-order valence-electron chi connectivity index (χ0n) is 11.1. The Balaban J connectivity index is 1.94. The van der Waals surface area contributed by atoms with E-state index in [2.05, 4.69) is 10.3 Å². The summed E-state index contributed by atoms with van der Waals surface area (Å²) >= 11 is 0. The molecule has 1 atom stereocenters. The van der Waals surface area contributed by atoms with Crippen molar-refractivity contribution in [3.8, 4) is 0 Å². The number of aromatic nitrogens is 1. The van der Waals surface area contributed by atoms with Crippen LogP contribution >= 0.6 is 0 Å². The maximum atomic E-state index is 12.7. The van der Waals surface area contributed by atoms with Gasteiger partial charge >= 0.3 is 0 Å². The third-order valence-corrected chi connectivity index (χ3v) is 2.88. The number of rotatable bonds is 5. The van der Waals surface area contributed by atoms with Crippen LogP contribution in [0.25, 0.3) is 0 Å². The van der Waals surface area contributed by atoms with Gasteiger partial charge < -0.3 is 15.5 Å². The summed E-state index contributed by atoms with van der Waals surface area (Å²) in [6.07, 6.45) is 1.96. The van der Waals surface area contributed by atoms with Crippen molar-refractivity contribution in [2.24, 2.45) is 5.73 Å². The summed E-state index contributed by atoms with van der Waals surface area (Å²) in [4.78, 5) is 15.9. The number of nitrogens with two attached hydrogens (primary N) is 1. The highest BCUT2D eigenvalue weighted by Gasteiger charge is 2.15. The minimum Gasteiger partial charge on any atom is -0.446 e. The molecule has 0 fully saturated rings. The molecule has 0 aliphatic rings. The Kier molecular flexibility index (Phi) is 4.47. The van der Waals surface area contributed by atoms with Crippen molar-refractivity contribution >= 4 is 5.91 Å². The second-order valence-corrected chi connectivity index (χ2v) is 4.39. The monoisotopic (exact) mass is 277 g/mol. The molecule has 3 N–H and O–H groups in total. The first-order valence-corrected chi connectivity index (χ1v) is 6.33. The molecule has 0 bridgehead atoms. The molecule has 1 amide bonds. The number of amides is 1. The zero-order chi connectivity index (χ0) is 14.5. The van der Waals surface area contributed by atoms with Gasteiger partial charge in [-0.05, 0) is 24.1 Å². The lowest BCUT2D eigenvalue weighted by atomic mass is 10.2. The zero-order valence-corrected chi connectivity index (χ0v) is 11.1. The number of nitrogens with one attached hydrogen (secondary N) is 1. The van der Waals surface area contributed by atoms with Gasteiger partial charge in [0.1, 0.15) is 12.1 Å². The van der Waals surface area contributed by atoms with Crippen LogP contribution in [0.1, 0.15) is 41.3 Å². The van der Waals surface area contributed by atoms with Gasteiger partial charge in [-0.25, -0.2) is 9.37 Å². The lowest BCUT2D eigenvalue weighted by molar-refractivity contribution is 0.0946. The van der Waals surface area contributed by atoms with E-state index < -0.39 is 0 Å². The van der Waals surface area contributed by atoms with Crippen molar-refractivity contribution < 1.29 is 13.6 Å². The molecule has 0 saturated carbocycles. The Labute approximate surface area is 116 Å². The number of carbonyl (C=O) groups is 1. The number of nitrogens with zero attached hydrogens (tertiary/aromatic N) is 1. The predicted molar refractivity (Wildman–Crippen MR) is 71.3 cm³/mol. The Morgan fingerprint density at radius 1 is 1.45 bits per heavy atom. The van der Waals surface area contributed by atoms with Crippen LogP contribution < -0.4 is 11.1 Å². The largest absolute Gasteiger partial charge is 0.446 e. The van der Waals surface area contributed by atoms with Gasteiger partial charge in [0.15, 0.2) is 5.69 Å². The fourth-order valence-electron chi connectivity index (χ4n) is 1.61. The van der Waals surface area contributed by atoms with E-state index in [1.807, 2.05) is 6.92 Å². The summed E-state index contributed by atoms with van der Waals surface area (Å²) in [5, 5.41) is 2.68. The average Bonchev–Trinajstić information content (AvgIpc) is 2.95. The molecule has 5 nitrogen and oxygen atoms in total. The molecule has 2 rings (SSSR count). The van der Waals surface area contributed by atoms with Gasteiger partial charge in [0.2, 0.25) is 5.89 Å². The number of hydrogen-bond donors (Lipinski definition) is 2. The third kappa shape index (κ3) is 3.42. The normalized spacial score (nSPS) is 12.2. The van der Waals surface area contributed by atoms with Crippen molar-refractivity contribution in [1.82, 2.24) is 10.3 Å². The minimum atomic E-state index is -0.354. The van der Waals surface area contributed by atoms with Crippen LogP contribution in [0.2, 0.25) is 0 Å². The number of oxazole rings is 1. The minimum absolute atomic E-state index is 0.186. The average molecular weight is 277 g/mol. The van der Waals surface area contributed by atoms with Crippen molar-refractivity contribution in [2.45, 2.75) is 25.9 Å². The molecule has 20 heavy (non-hydrogen) atoms. The highest BCUT2D eigenvalue weighted by atomic mass is 19.1. The number of halogens is 1. The van der Waals surface area contributed by atoms with Gasteiger partial charge in [-0.15, -0.1) is 0 Å². The van der Waals surface area contributed by atoms with Crippen molar-refractivity contribution in [3.63, 3.8) is 0 Å². The summed E-state index contributed by atoms with van der Waals surface area (Å²) in [6.45, 7) is 2.20. The predicted octanol–water partition coefficient (Wildman–Crippen LogP) is 2.15. The molecule has 1 unspecified atom stereocenters. The molecule has 0 aliphatic heterocycles. The molecule has 1 heterocycles. The summed E-state index contributed by atoms with van der Waals surface area (Å²) in [5.41, 5.74) is 6.75. The lowest BCUT2D eigenvalue weighted by Crippen LogP contribution is -2.23. The number of benzene rings is 1. The maximum absolute atomic E-state index is 12.7. The molecule has 0 spiro atoms. The van der Waals surface area contributed by atoms with Crippen LogP contribution in [-0.4, -0.2) is 10.9 Å². The van der Waals surface area contributed by atoms with Crippen LogP contribution in [0.5, 0.6) is 0 Å². The van der Waals surface area contributed by atoms with Gasteiger partial charge in [0.25, 0.3) is 5.91 Å². The van der Waals surface area contributed by atoms with E-state index >= 15 is 0 Å². The molecule has 1 aromatic carbocycles. The summed E-state index contributed by atoms with van der Waals surface area (Å²) in [6, 6.07) is 5.59. The summed E-state index contributed by atoms with van der Waals surface area (Å²) < 4.78 is 17.9. The first-order valence-electron chi connectivity index (χ1n) is 6.33. The van der Waals surface area contributed by atoms with Crippen LogP contribution in [0.15, 0.2) is 34.9 Å². The highest BCUT2D eigenvalue weighted by molar-refractivity contribution is 5.91. The molecule has 1 aromatic heterocycles. The topological polar surface area (TPSA) is 81.1 Å². The Bertz CT molecular complexity index is 580. The first kappa shape index (κ1) is 14.2. The number of hydrogen-bond acceptors (Lipinski definition) is 4. The van der Waals surface area contributed by atoms with Crippen molar-refractivity contribution in [2.75, 3.05) is 0 Å². The molecule has 0 radical (unpaired) electrons. The van der Waals surface area contributed by atoms with Crippen molar-refractivity contribution in [3.05, 3.63) is 53.5 Å². The van der Waals surface area contributed by atoms with Gasteiger partial charge in [-0.1, -0.05) is 19.1 Å². The van der Waals surface area contributed by atoms with Crippen LogP contribution in [0.4, 0.5) is 4.39 Å². The molecular formula is C14H16FN3O2. The second kappa shape index (κ2) is 6.29. The van der Waals surface area contributed by atoms with E-state index in [1.165, 1.54) is 18.4 Å². The fourth-order valence-corrected chi connectivity index (χ4v) is 1.61. The number of carbonyl (C=O) groups excluding carboxylic acids is 1. The first-order chi connectivity index (χ1) is 9.60.